The van der Waals surface area contributed by atoms with E-state index in [0.29, 0.717) is 5.71 Å². The van der Waals surface area contributed by atoms with Crippen LogP contribution in [0.4, 0.5) is 0 Å². The minimum absolute atomic E-state index is 0.231. The highest BCUT2D eigenvalue weighted by atomic mass is 16.3. The SMILES string of the molecule is CC(C)C1=NN=NC1O. The van der Waals surface area contributed by atoms with Crippen LogP contribution in [0.2, 0.25) is 0 Å². The Hall–Kier alpha value is -0.770. The summed E-state index contributed by atoms with van der Waals surface area (Å²) in [6.45, 7) is 3.89. The molecule has 0 amide bonds. The number of aliphatic hydroxyl groups is 1. The number of aliphatic hydroxyl groups excluding tert-OH is 1. The molecular weight excluding hydrogens is 118 g/mol. The van der Waals surface area contributed by atoms with E-state index in [9.17, 15) is 0 Å². The van der Waals surface area contributed by atoms with Crippen molar-refractivity contribution >= 4 is 5.71 Å². The van der Waals surface area contributed by atoms with Crippen LogP contribution in [-0.4, -0.2) is 17.0 Å². The number of nitrogens with zero attached hydrogens (tertiary/aromatic N) is 3. The van der Waals surface area contributed by atoms with E-state index in [1.165, 1.54) is 0 Å². The second-order valence-corrected chi connectivity index (χ2v) is 2.26. The topological polar surface area (TPSA) is 57.3 Å². The molecule has 0 saturated carbocycles. The Bertz CT molecular complexity index is 162. The quantitative estimate of drug-likeness (QED) is 0.556. The lowest BCUT2D eigenvalue weighted by Crippen LogP contribution is -2.19. The maximum atomic E-state index is 8.97. The van der Waals surface area contributed by atoms with Gasteiger partial charge in [-0.25, -0.2) is 0 Å². The molecule has 50 valence electrons. The van der Waals surface area contributed by atoms with E-state index < -0.39 is 6.23 Å². The summed E-state index contributed by atoms with van der Waals surface area (Å²) in [5.74, 6) is 0.231. The van der Waals surface area contributed by atoms with Gasteiger partial charge in [0.2, 0.25) is 6.23 Å². The molecule has 1 rings (SSSR count). The molecule has 1 unspecified atom stereocenters. The van der Waals surface area contributed by atoms with E-state index in [1.54, 1.807) is 0 Å². The Morgan fingerprint density at radius 3 is 2.44 bits per heavy atom. The molecule has 0 bridgehead atoms. The van der Waals surface area contributed by atoms with E-state index in [4.69, 9.17) is 5.11 Å². The van der Waals surface area contributed by atoms with Gasteiger partial charge in [-0.3, -0.25) is 0 Å². The fourth-order valence-corrected chi connectivity index (χ4v) is 0.651. The van der Waals surface area contributed by atoms with E-state index in [0.717, 1.165) is 0 Å². The van der Waals surface area contributed by atoms with Crippen LogP contribution in [0.5, 0.6) is 0 Å². The first-order valence-corrected chi connectivity index (χ1v) is 2.87. The van der Waals surface area contributed by atoms with Crippen LogP contribution in [0.15, 0.2) is 15.4 Å². The van der Waals surface area contributed by atoms with Gasteiger partial charge in [-0.2, -0.15) is 0 Å². The first-order chi connectivity index (χ1) is 4.22. The molecule has 0 aromatic rings. The molecule has 0 fully saturated rings. The van der Waals surface area contributed by atoms with Crippen LogP contribution in [0, 0.1) is 5.92 Å². The second kappa shape index (κ2) is 2.23. The van der Waals surface area contributed by atoms with Gasteiger partial charge in [-0.15, -0.1) is 10.2 Å². The smallest absolute Gasteiger partial charge is 0.209 e. The monoisotopic (exact) mass is 127 g/mol. The van der Waals surface area contributed by atoms with Crippen molar-refractivity contribution < 1.29 is 5.11 Å². The van der Waals surface area contributed by atoms with Crippen molar-refractivity contribution in [2.75, 3.05) is 0 Å². The molecule has 0 saturated heterocycles. The highest BCUT2D eigenvalue weighted by Gasteiger charge is 2.18. The van der Waals surface area contributed by atoms with Crippen LogP contribution in [0.3, 0.4) is 0 Å². The minimum atomic E-state index is -0.787. The van der Waals surface area contributed by atoms with Crippen molar-refractivity contribution in [3.8, 4) is 0 Å². The fourth-order valence-electron chi connectivity index (χ4n) is 0.651. The third-order valence-corrected chi connectivity index (χ3v) is 1.18. The Balaban J connectivity index is 2.64. The number of rotatable bonds is 1. The molecule has 1 atom stereocenters. The van der Waals surface area contributed by atoms with Crippen molar-refractivity contribution in [1.29, 1.82) is 0 Å². The van der Waals surface area contributed by atoms with E-state index in [1.807, 2.05) is 13.8 Å². The van der Waals surface area contributed by atoms with Crippen molar-refractivity contribution in [3.63, 3.8) is 0 Å². The molecule has 0 radical (unpaired) electrons. The predicted molar refractivity (Wildman–Crippen MR) is 33.1 cm³/mol. The summed E-state index contributed by atoms with van der Waals surface area (Å²) in [6.07, 6.45) is -0.787. The summed E-state index contributed by atoms with van der Waals surface area (Å²) in [4.78, 5) is 0. The average Bonchev–Trinajstić information content (AvgIpc) is 2.13. The molecule has 4 nitrogen and oxygen atoms in total. The standard InChI is InChI=1S/C5H9N3O/c1-3(2)4-5(9)7-8-6-4/h3,5,9H,1-2H3. The predicted octanol–water partition coefficient (Wildman–Crippen LogP) is 0.783. The van der Waals surface area contributed by atoms with Crippen LogP contribution in [0.1, 0.15) is 13.8 Å². The minimum Gasteiger partial charge on any atom is -0.365 e. The molecular formula is C5H9N3O. The molecule has 1 aliphatic heterocycles. The van der Waals surface area contributed by atoms with E-state index in [-0.39, 0.29) is 5.92 Å². The van der Waals surface area contributed by atoms with Crippen molar-refractivity contribution in [2.24, 2.45) is 21.4 Å². The molecule has 0 spiro atoms. The number of hydrogen-bond donors (Lipinski definition) is 1. The summed E-state index contributed by atoms with van der Waals surface area (Å²) in [5, 5.41) is 19.4. The summed E-state index contributed by atoms with van der Waals surface area (Å²) in [5.41, 5.74) is 0.648. The Morgan fingerprint density at radius 2 is 2.22 bits per heavy atom. The van der Waals surface area contributed by atoms with Crippen molar-refractivity contribution in [3.05, 3.63) is 0 Å². The van der Waals surface area contributed by atoms with Crippen LogP contribution < -0.4 is 0 Å². The third kappa shape index (κ3) is 1.13. The third-order valence-electron chi connectivity index (χ3n) is 1.18. The Morgan fingerprint density at radius 1 is 1.56 bits per heavy atom. The van der Waals surface area contributed by atoms with Gasteiger partial charge in [0.15, 0.2) is 0 Å². The lowest BCUT2D eigenvalue weighted by Gasteiger charge is -2.03. The largest absolute Gasteiger partial charge is 0.365 e. The highest BCUT2D eigenvalue weighted by molar-refractivity contribution is 5.90. The number of hydrogen-bond acceptors (Lipinski definition) is 4. The van der Waals surface area contributed by atoms with Crippen molar-refractivity contribution in [2.45, 2.75) is 20.1 Å². The average molecular weight is 127 g/mol. The van der Waals surface area contributed by atoms with Gasteiger partial charge in [-0.05, 0) is 11.1 Å². The highest BCUT2D eigenvalue weighted by Crippen LogP contribution is 2.09. The van der Waals surface area contributed by atoms with Gasteiger partial charge in [-0.1, -0.05) is 13.8 Å². The summed E-state index contributed by atoms with van der Waals surface area (Å²) < 4.78 is 0. The van der Waals surface area contributed by atoms with Gasteiger partial charge in [0.1, 0.15) is 0 Å². The van der Waals surface area contributed by atoms with Gasteiger partial charge < -0.3 is 5.11 Å². The van der Waals surface area contributed by atoms with Gasteiger partial charge in [0, 0.05) is 0 Å². The Labute approximate surface area is 53.3 Å². The maximum Gasteiger partial charge on any atom is 0.209 e. The van der Waals surface area contributed by atoms with Crippen LogP contribution in [-0.2, 0) is 0 Å². The molecule has 4 heteroatoms. The molecule has 0 aliphatic carbocycles. The zero-order chi connectivity index (χ0) is 6.85. The molecule has 1 heterocycles. The zero-order valence-corrected chi connectivity index (χ0v) is 5.44. The summed E-state index contributed by atoms with van der Waals surface area (Å²) in [6, 6.07) is 0. The van der Waals surface area contributed by atoms with Crippen molar-refractivity contribution in [1.82, 2.24) is 0 Å². The summed E-state index contributed by atoms with van der Waals surface area (Å²) >= 11 is 0. The maximum absolute atomic E-state index is 8.97. The zero-order valence-electron chi connectivity index (χ0n) is 5.44. The molecule has 9 heavy (non-hydrogen) atoms. The van der Waals surface area contributed by atoms with Gasteiger partial charge in [0.25, 0.3) is 0 Å². The molecule has 0 aromatic heterocycles. The van der Waals surface area contributed by atoms with Crippen LogP contribution >= 0.6 is 0 Å². The normalized spacial score (nSPS) is 25.3. The molecule has 1 N–H and O–H groups in total. The van der Waals surface area contributed by atoms with Gasteiger partial charge in [0.05, 0.1) is 5.71 Å². The molecule has 0 aromatic carbocycles. The van der Waals surface area contributed by atoms with E-state index in [2.05, 4.69) is 15.4 Å². The summed E-state index contributed by atoms with van der Waals surface area (Å²) in [7, 11) is 0. The first-order valence-electron chi connectivity index (χ1n) is 2.87. The van der Waals surface area contributed by atoms with Crippen LogP contribution in [0.25, 0.3) is 0 Å². The first kappa shape index (κ1) is 6.35. The van der Waals surface area contributed by atoms with E-state index >= 15 is 0 Å². The lowest BCUT2D eigenvalue weighted by molar-refractivity contribution is 0.245. The van der Waals surface area contributed by atoms with Gasteiger partial charge >= 0.3 is 0 Å². The fraction of sp³-hybridized carbons (Fsp3) is 0.800. The second-order valence-electron chi connectivity index (χ2n) is 2.26. The Kier molecular flexibility index (Phi) is 1.57. The molecule has 1 aliphatic rings. The lowest BCUT2D eigenvalue weighted by atomic mass is 10.1.